The van der Waals surface area contributed by atoms with Crippen LogP contribution in [0.1, 0.15) is 91.7 Å². The Morgan fingerprint density at radius 3 is 2.31 bits per heavy atom. The van der Waals surface area contributed by atoms with Crippen molar-refractivity contribution < 1.29 is 24.0 Å². The molecule has 0 spiro atoms. The van der Waals surface area contributed by atoms with E-state index in [1.54, 1.807) is 11.1 Å². The van der Waals surface area contributed by atoms with Crippen molar-refractivity contribution >= 4 is 29.5 Å². The van der Waals surface area contributed by atoms with E-state index < -0.39 is 52.7 Å². The Balaban J connectivity index is 1.33. The molecule has 0 bridgehead atoms. The molecule has 5 atom stereocenters. The van der Waals surface area contributed by atoms with Gasteiger partial charge in [0.15, 0.2) is 0 Å². The highest BCUT2D eigenvalue weighted by molar-refractivity contribution is 6.37. The molecule has 3 aliphatic carbocycles. The van der Waals surface area contributed by atoms with Gasteiger partial charge in [-0.3, -0.25) is 24.2 Å². The highest BCUT2D eigenvalue weighted by atomic mass is 16.2. The average molecular weight is 623 g/mol. The van der Waals surface area contributed by atoms with Crippen LogP contribution in [0.2, 0.25) is 0 Å². The summed E-state index contributed by atoms with van der Waals surface area (Å²) in [5, 5.41) is 9.05. The number of rotatable bonds is 11. The van der Waals surface area contributed by atoms with E-state index in [0.717, 1.165) is 50.6 Å². The molecule has 45 heavy (non-hydrogen) atoms. The molecule has 1 aliphatic heterocycles. The Bertz CT molecular complexity index is 1310. The van der Waals surface area contributed by atoms with Crippen LogP contribution in [-0.4, -0.2) is 69.6 Å². The lowest BCUT2D eigenvalue weighted by atomic mass is 9.78. The van der Waals surface area contributed by atoms with Gasteiger partial charge in [-0.15, -0.1) is 0 Å². The van der Waals surface area contributed by atoms with E-state index in [-0.39, 0.29) is 29.1 Å². The van der Waals surface area contributed by atoms with Gasteiger partial charge in [0, 0.05) is 30.4 Å². The first-order valence-corrected chi connectivity index (χ1v) is 16.6. The number of nitrogens with one attached hydrogen (secondary N) is 3. The average Bonchev–Trinajstić information content (AvgIpc) is 3.82. The fourth-order valence-corrected chi connectivity index (χ4v) is 7.81. The SMILES string of the molecule is CC(C)(C)[C@H](NC(=O)NC1(Cc2ccccn2)CCCCC1)C(=O)N1CC2[C@@H]([C@H]1C(=O)NC(CC1CC1)C(=O)C(N)=O)C2(C)C. The number of nitrogens with two attached hydrogens (primary N) is 1. The van der Waals surface area contributed by atoms with E-state index in [4.69, 9.17) is 5.73 Å². The molecule has 1 aromatic heterocycles. The molecule has 246 valence electrons. The predicted molar refractivity (Wildman–Crippen MR) is 168 cm³/mol. The fraction of sp³-hybridized carbons (Fsp3) is 0.706. The van der Waals surface area contributed by atoms with E-state index in [2.05, 4.69) is 34.8 Å². The number of likely N-dealkylation sites (tertiary alicyclic amines) is 1. The Hall–Kier alpha value is -3.50. The molecule has 1 saturated heterocycles. The molecule has 5 amide bonds. The number of pyridine rings is 1. The number of hydrogen-bond donors (Lipinski definition) is 4. The minimum atomic E-state index is -1.08. The van der Waals surface area contributed by atoms with Gasteiger partial charge in [0.05, 0.1) is 6.04 Å². The zero-order chi connectivity index (χ0) is 32.7. The molecule has 11 heteroatoms. The van der Waals surface area contributed by atoms with Crippen LogP contribution in [-0.2, 0) is 25.6 Å². The minimum absolute atomic E-state index is 0.0926. The highest BCUT2D eigenvalue weighted by Crippen LogP contribution is 2.65. The van der Waals surface area contributed by atoms with Gasteiger partial charge in [0.1, 0.15) is 12.1 Å². The number of fused-ring (bicyclic) bond motifs is 1. The maximum absolute atomic E-state index is 14.4. The smallest absolute Gasteiger partial charge is 0.315 e. The summed E-state index contributed by atoms with van der Waals surface area (Å²) in [6, 6.07) is 2.64. The van der Waals surface area contributed by atoms with Gasteiger partial charge < -0.3 is 26.6 Å². The first-order chi connectivity index (χ1) is 21.1. The predicted octanol–water partition coefficient (Wildman–Crippen LogP) is 2.86. The monoisotopic (exact) mass is 622 g/mol. The number of piperidine rings is 1. The summed E-state index contributed by atoms with van der Waals surface area (Å²) in [7, 11) is 0. The summed E-state index contributed by atoms with van der Waals surface area (Å²) in [4.78, 5) is 72.4. The highest BCUT2D eigenvalue weighted by Gasteiger charge is 2.70. The van der Waals surface area contributed by atoms with Crippen LogP contribution < -0.4 is 21.7 Å². The number of carbonyl (C=O) groups excluding carboxylic acids is 5. The lowest BCUT2D eigenvalue weighted by molar-refractivity contribution is -0.145. The van der Waals surface area contributed by atoms with Crippen LogP contribution in [0.4, 0.5) is 4.79 Å². The number of hydrogen-bond acceptors (Lipinski definition) is 6. The summed E-state index contributed by atoms with van der Waals surface area (Å²) in [5.41, 5.74) is 4.95. The van der Waals surface area contributed by atoms with Crippen molar-refractivity contribution in [2.45, 2.75) is 116 Å². The molecule has 5 N–H and O–H groups in total. The Labute approximate surface area is 266 Å². The first-order valence-electron chi connectivity index (χ1n) is 16.6. The second kappa shape index (κ2) is 12.4. The third-order valence-corrected chi connectivity index (χ3v) is 10.7. The number of primary amides is 1. The Kier molecular flexibility index (Phi) is 9.03. The van der Waals surface area contributed by atoms with Crippen LogP contribution in [0.5, 0.6) is 0 Å². The number of aromatic nitrogens is 1. The summed E-state index contributed by atoms with van der Waals surface area (Å²) in [6.07, 6.45) is 9.35. The van der Waals surface area contributed by atoms with Gasteiger partial charge in [-0.2, -0.15) is 0 Å². The standard InChI is InChI=1S/C34H50N6O5/c1-32(2,3)27(38-31(45)39-34(14-8-6-9-15-34)18-21-11-7-10-16-36-21)30(44)40-19-22-24(33(22,4)5)25(40)29(43)37-23(17-20-12-13-20)26(41)28(35)42/h7,10-11,16,20,22-25,27H,6,8-9,12-15,17-19H2,1-5H3,(H2,35,42)(H,37,43)(H2,38,39,45)/t22?,23?,24-,25-,27+/m0/s1. The van der Waals surface area contributed by atoms with Crippen molar-refractivity contribution in [1.29, 1.82) is 0 Å². The van der Waals surface area contributed by atoms with Crippen LogP contribution in [0.15, 0.2) is 24.4 Å². The second-order valence-corrected chi connectivity index (χ2v) is 15.6. The molecule has 2 unspecified atom stereocenters. The Morgan fingerprint density at radius 1 is 1.04 bits per heavy atom. The molecule has 0 aromatic carbocycles. The van der Waals surface area contributed by atoms with Crippen LogP contribution in [0.25, 0.3) is 0 Å². The lowest BCUT2D eigenvalue weighted by Crippen LogP contribution is -2.63. The molecular formula is C34H50N6O5. The third kappa shape index (κ3) is 7.17. The molecule has 11 nitrogen and oxygen atoms in total. The molecule has 0 radical (unpaired) electrons. The number of nitrogens with zero attached hydrogens (tertiary/aromatic N) is 2. The van der Waals surface area contributed by atoms with Gasteiger partial charge in [-0.05, 0) is 60.0 Å². The van der Waals surface area contributed by atoms with Gasteiger partial charge >= 0.3 is 6.03 Å². The van der Waals surface area contributed by atoms with E-state index >= 15 is 0 Å². The van der Waals surface area contributed by atoms with Crippen LogP contribution >= 0.6 is 0 Å². The van der Waals surface area contributed by atoms with E-state index in [1.165, 1.54) is 0 Å². The zero-order valence-corrected chi connectivity index (χ0v) is 27.4. The normalized spacial score (nSPS) is 26.2. The van der Waals surface area contributed by atoms with Crippen molar-refractivity contribution in [3.8, 4) is 0 Å². The van der Waals surface area contributed by atoms with Crippen molar-refractivity contribution in [3.05, 3.63) is 30.1 Å². The van der Waals surface area contributed by atoms with Crippen molar-refractivity contribution in [3.63, 3.8) is 0 Å². The number of urea groups is 1. The minimum Gasteiger partial charge on any atom is -0.363 e. The number of ketones is 1. The summed E-state index contributed by atoms with van der Waals surface area (Å²) >= 11 is 0. The van der Waals surface area contributed by atoms with Crippen molar-refractivity contribution in [1.82, 2.24) is 25.8 Å². The van der Waals surface area contributed by atoms with Crippen LogP contribution in [0, 0.1) is 28.6 Å². The zero-order valence-electron chi connectivity index (χ0n) is 27.4. The fourth-order valence-electron chi connectivity index (χ4n) is 7.81. The lowest BCUT2D eigenvalue weighted by Gasteiger charge is -2.41. The topological polar surface area (TPSA) is 164 Å². The van der Waals surface area contributed by atoms with Crippen LogP contribution in [0.3, 0.4) is 0 Å². The number of carbonyl (C=O) groups is 5. The summed E-state index contributed by atoms with van der Waals surface area (Å²) < 4.78 is 0. The molecule has 1 aromatic rings. The molecule has 2 heterocycles. The maximum Gasteiger partial charge on any atom is 0.315 e. The Morgan fingerprint density at radius 2 is 1.73 bits per heavy atom. The first kappa shape index (κ1) is 32.9. The van der Waals surface area contributed by atoms with Gasteiger partial charge in [-0.25, -0.2) is 4.79 Å². The molecule has 5 rings (SSSR count). The molecule has 4 fully saturated rings. The van der Waals surface area contributed by atoms with Crippen molar-refractivity contribution in [2.24, 2.45) is 34.3 Å². The van der Waals surface area contributed by atoms with Gasteiger partial charge in [-0.1, -0.05) is 72.8 Å². The van der Waals surface area contributed by atoms with E-state index in [0.29, 0.717) is 19.4 Å². The van der Waals surface area contributed by atoms with E-state index in [9.17, 15) is 24.0 Å². The van der Waals surface area contributed by atoms with Gasteiger partial charge in [0.2, 0.25) is 17.6 Å². The molecular weight excluding hydrogens is 572 g/mol. The second-order valence-electron chi connectivity index (χ2n) is 15.6. The molecule has 4 aliphatic rings. The van der Waals surface area contributed by atoms with Crippen molar-refractivity contribution in [2.75, 3.05) is 6.54 Å². The molecule has 3 saturated carbocycles. The summed E-state index contributed by atoms with van der Waals surface area (Å²) in [6.45, 7) is 10.2. The van der Waals surface area contributed by atoms with Gasteiger partial charge in [0.25, 0.3) is 5.91 Å². The number of amides is 5. The largest absolute Gasteiger partial charge is 0.363 e. The quantitative estimate of drug-likeness (QED) is 0.277. The van der Waals surface area contributed by atoms with E-state index in [1.807, 2.05) is 39.0 Å². The summed E-state index contributed by atoms with van der Waals surface area (Å²) in [5.74, 6) is -2.38. The third-order valence-electron chi connectivity index (χ3n) is 10.7. The number of Topliss-reactive ketones (excluding diaryl/α,β-unsaturated/α-hetero) is 1. The maximum atomic E-state index is 14.4.